The van der Waals surface area contributed by atoms with Gasteiger partial charge in [-0.15, -0.1) is 0 Å². The van der Waals surface area contributed by atoms with Crippen molar-refractivity contribution in [3.05, 3.63) is 48.3 Å². The number of aliphatic hydroxyl groups is 2. The van der Waals surface area contributed by atoms with Crippen LogP contribution in [0.5, 0.6) is 0 Å². The summed E-state index contributed by atoms with van der Waals surface area (Å²) >= 11 is 0. The van der Waals surface area contributed by atoms with Crippen LogP contribution in [0.25, 0.3) is 5.69 Å². The third-order valence-corrected chi connectivity index (χ3v) is 2.82. The van der Waals surface area contributed by atoms with Gasteiger partial charge in [0, 0.05) is 19.3 Å². The molecule has 102 valence electrons. The summed E-state index contributed by atoms with van der Waals surface area (Å²) in [5, 5.41) is 26.1. The minimum absolute atomic E-state index is 0.265. The molecule has 0 fully saturated rings. The molecule has 0 saturated carbocycles. The van der Waals surface area contributed by atoms with Crippen molar-refractivity contribution in [1.82, 2.24) is 15.1 Å². The number of nitrogens with one attached hydrogen (secondary N) is 1. The number of hydrogen-bond donors (Lipinski definition) is 3. The molecule has 3 N–H and O–H groups in total. The summed E-state index contributed by atoms with van der Waals surface area (Å²) in [5.74, 6) is 0. The molecular weight excluding hydrogens is 242 g/mol. The highest BCUT2D eigenvalue weighted by Gasteiger charge is 2.17. The number of rotatable bonds is 6. The first-order chi connectivity index (χ1) is 9.11. The van der Waals surface area contributed by atoms with Gasteiger partial charge in [-0.2, -0.15) is 5.10 Å². The topological polar surface area (TPSA) is 70.3 Å². The highest BCUT2D eigenvalue weighted by Crippen LogP contribution is 2.07. The lowest BCUT2D eigenvalue weighted by molar-refractivity contribution is 0.00248. The third kappa shape index (κ3) is 3.89. The van der Waals surface area contributed by atoms with E-state index in [9.17, 15) is 5.11 Å². The number of aliphatic hydroxyl groups excluding tert-OH is 1. The van der Waals surface area contributed by atoms with Gasteiger partial charge in [0.15, 0.2) is 0 Å². The number of benzene rings is 1. The van der Waals surface area contributed by atoms with Crippen molar-refractivity contribution >= 4 is 0 Å². The Kier molecular flexibility index (Phi) is 4.31. The SMILES string of the molecule is CC(O)(CO)CNCc1ccn(-c2ccccc2)n1. The van der Waals surface area contributed by atoms with E-state index in [1.54, 1.807) is 11.6 Å². The van der Waals surface area contributed by atoms with Crippen molar-refractivity contribution in [1.29, 1.82) is 0 Å². The van der Waals surface area contributed by atoms with Gasteiger partial charge in [0.05, 0.1) is 23.6 Å². The smallest absolute Gasteiger partial charge is 0.0972 e. The van der Waals surface area contributed by atoms with E-state index >= 15 is 0 Å². The fourth-order valence-electron chi connectivity index (χ4n) is 1.70. The molecule has 5 nitrogen and oxygen atoms in total. The lowest BCUT2D eigenvalue weighted by Crippen LogP contribution is -2.40. The molecule has 1 unspecified atom stereocenters. The van der Waals surface area contributed by atoms with E-state index in [1.165, 1.54) is 0 Å². The van der Waals surface area contributed by atoms with E-state index in [-0.39, 0.29) is 6.61 Å². The fourth-order valence-corrected chi connectivity index (χ4v) is 1.70. The molecule has 19 heavy (non-hydrogen) atoms. The molecule has 0 aliphatic carbocycles. The molecule has 0 spiro atoms. The van der Waals surface area contributed by atoms with Crippen LogP contribution in [0.3, 0.4) is 0 Å². The molecule has 0 bridgehead atoms. The maximum atomic E-state index is 9.65. The predicted octanol–water partition coefficient (Wildman–Crippen LogP) is 0.705. The molecular formula is C14H19N3O2. The molecule has 0 aliphatic rings. The number of para-hydroxylation sites is 1. The van der Waals surface area contributed by atoms with Crippen molar-refractivity contribution in [3.8, 4) is 5.69 Å². The van der Waals surface area contributed by atoms with Crippen LogP contribution in [0, 0.1) is 0 Å². The molecule has 0 radical (unpaired) electrons. The second-order valence-corrected chi connectivity index (χ2v) is 4.85. The van der Waals surface area contributed by atoms with Crippen molar-refractivity contribution in [2.75, 3.05) is 13.2 Å². The summed E-state index contributed by atoms with van der Waals surface area (Å²) < 4.78 is 1.81. The second kappa shape index (κ2) is 5.97. The Balaban J connectivity index is 1.92. The zero-order chi connectivity index (χ0) is 13.7. The van der Waals surface area contributed by atoms with Crippen molar-refractivity contribution < 1.29 is 10.2 Å². The Labute approximate surface area is 112 Å². The zero-order valence-electron chi connectivity index (χ0n) is 11.0. The van der Waals surface area contributed by atoms with Crippen LogP contribution in [0.2, 0.25) is 0 Å². The molecule has 0 amide bonds. The Morgan fingerprint density at radius 2 is 2.00 bits per heavy atom. The van der Waals surface area contributed by atoms with Gasteiger partial charge in [-0.1, -0.05) is 18.2 Å². The van der Waals surface area contributed by atoms with Crippen LogP contribution in [-0.4, -0.2) is 38.7 Å². The summed E-state index contributed by atoms with van der Waals surface area (Å²) in [7, 11) is 0. The Morgan fingerprint density at radius 3 is 2.68 bits per heavy atom. The monoisotopic (exact) mass is 261 g/mol. The van der Waals surface area contributed by atoms with Crippen LogP contribution < -0.4 is 5.32 Å². The Bertz CT molecular complexity index is 508. The average molecular weight is 261 g/mol. The zero-order valence-corrected chi connectivity index (χ0v) is 11.0. The third-order valence-electron chi connectivity index (χ3n) is 2.82. The normalized spacial score (nSPS) is 14.3. The summed E-state index contributed by atoms with van der Waals surface area (Å²) in [5.41, 5.74) is 0.802. The molecule has 0 aliphatic heterocycles. The standard InChI is InChI=1S/C14H19N3O2/c1-14(19,11-18)10-15-9-12-7-8-17(16-12)13-5-3-2-4-6-13/h2-8,15,18-19H,9-11H2,1H3. The summed E-state index contributed by atoms with van der Waals surface area (Å²) in [6.07, 6.45) is 1.90. The van der Waals surface area contributed by atoms with Crippen molar-refractivity contribution in [2.24, 2.45) is 0 Å². The van der Waals surface area contributed by atoms with Crippen LogP contribution in [0.4, 0.5) is 0 Å². The van der Waals surface area contributed by atoms with Gasteiger partial charge in [0.2, 0.25) is 0 Å². The lowest BCUT2D eigenvalue weighted by atomic mass is 10.1. The Morgan fingerprint density at radius 1 is 1.26 bits per heavy atom. The molecule has 5 heteroatoms. The molecule has 1 heterocycles. The lowest BCUT2D eigenvalue weighted by Gasteiger charge is -2.20. The van der Waals surface area contributed by atoms with Gasteiger partial charge in [0.25, 0.3) is 0 Å². The van der Waals surface area contributed by atoms with Crippen LogP contribution in [0.15, 0.2) is 42.6 Å². The van der Waals surface area contributed by atoms with Gasteiger partial charge in [-0.05, 0) is 25.1 Å². The van der Waals surface area contributed by atoms with Crippen molar-refractivity contribution in [3.63, 3.8) is 0 Å². The summed E-state index contributed by atoms with van der Waals surface area (Å²) in [6, 6.07) is 11.8. The van der Waals surface area contributed by atoms with Gasteiger partial charge >= 0.3 is 0 Å². The van der Waals surface area contributed by atoms with Gasteiger partial charge in [-0.3, -0.25) is 0 Å². The minimum Gasteiger partial charge on any atom is -0.393 e. The van der Waals surface area contributed by atoms with Crippen LogP contribution in [-0.2, 0) is 6.54 Å². The van der Waals surface area contributed by atoms with E-state index in [4.69, 9.17) is 5.11 Å². The first-order valence-corrected chi connectivity index (χ1v) is 6.25. The molecule has 2 aromatic rings. The van der Waals surface area contributed by atoms with Gasteiger partial charge in [0.1, 0.15) is 0 Å². The predicted molar refractivity (Wildman–Crippen MR) is 73.0 cm³/mol. The van der Waals surface area contributed by atoms with Gasteiger partial charge < -0.3 is 15.5 Å². The molecule has 1 aromatic heterocycles. The number of aromatic nitrogens is 2. The second-order valence-electron chi connectivity index (χ2n) is 4.85. The van der Waals surface area contributed by atoms with E-state index in [0.717, 1.165) is 11.4 Å². The van der Waals surface area contributed by atoms with E-state index in [2.05, 4.69) is 10.4 Å². The first kappa shape index (κ1) is 13.7. The number of nitrogens with zero attached hydrogens (tertiary/aromatic N) is 2. The van der Waals surface area contributed by atoms with Crippen LogP contribution >= 0.6 is 0 Å². The molecule has 2 rings (SSSR count). The fraction of sp³-hybridized carbons (Fsp3) is 0.357. The average Bonchev–Trinajstić information content (AvgIpc) is 2.88. The highest BCUT2D eigenvalue weighted by molar-refractivity contribution is 5.30. The minimum atomic E-state index is -1.10. The van der Waals surface area contributed by atoms with Crippen molar-refractivity contribution in [2.45, 2.75) is 19.1 Å². The maximum absolute atomic E-state index is 9.65. The quantitative estimate of drug-likeness (QED) is 0.716. The molecule has 1 aromatic carbocycles. The van der Waals surface area contributed by atoms with Gasteiger partial charge in [-0.25, -0.2) is 4.68 Å². The highest BCUT2D eigenvalue weighted by atomic mass is 16.3. The van der Waals surface area contributed by atoms with E-state index < -0.39 is 5.60 Å². The molecule has 0 saturated heterocycles. The van der Waals surface area contributed by atoms with Crippen LogP contribution in [0.1, 0.15) is 12.6 Å². The largest absolute Gasteiger partial charge is 0.393 e. The summed E-state index contributed by atoms with van der Waals surface area (Å²) in [6.45, 7) is 2.19. The van der Waals surface area contributed by atoms with E-state index in [1.807, 2.05) is 42.6 Å². The number of hydrogen-bond acceptors (Lipinski definition) is 4. The van der Waals surface area contributed by atoms with E-state index in [0.29, 0.717) is 13.1 Å². The Hall–Kier alpha value is -1.69. The maximum Gasteiger partial charge on any atom is 0.0972 e. The molecule has 1 atom stereocenters. The summed E-state index contributed by atoms with van der Waals surface area (Å²) in [4.78, 5) is 0. The first-order valence-electron chi connectivity index (χ1n) is 6.25.